The Kier molecular flexibility index (Phi) is 3.92. The monoisotopic (exact) mass is 296 g/mol. The van der Waals surface area contributed by atoms with Gasteiger partial charge in [-0.2, -0.15) is 0 Å². The van der Waals surface area contributed by atoms with Gasteiger partial charge in [0.25, 0.3) is 0 Å². The molecule has 2 aromatic rings. The molecule has 0 N–H and O–H groups in total. The van der Waals surface area contributed by atoms with Crippen LogP contribution in [0.15, 0.2) is 48.5 Å². The zero-order valence-electron chi connectivity index (χ0n) is 12.2. The summed E-state index contributed by atoms with van der Waals surface area (Å²) in [7, 11) is 0. The fourth-order valence-corrected chi connectivity index (χ4v) is 2.51. The number of carbonyl (C=O) groups is 2. The third kappa shape index (κ3) is 2.72. The summed E-state index contributed by atoms with van der Waals surface area (Å²) in [5.41, 5.74) is 1.99. The third-order valence-electron chi connectivity index (χ3n) is 3.62. The van der Waals surface area contributed by atoms with Gasteiger partial charge in [-0.1, -0.05) is 24.3 Å². The quantitative estimate of drug-likeness (QED) is 0.812. The molecule has 4 nitrogen and oxygen atoms in total. The number of para-hydroxylation sites is 1. The van der Waals surface area contributed by atoms with Crippen LogP contribution in [0.2, 0.25) is 0 Å². The van der Waals surface area contributed by atoms with Crippen molar-refractivity contribution >= 4 is 11.8 Å². The van der Waals surface area contributed by atoms with Crippen molar-refractivity contribution in [1.29, 1.82) is 0 Å². The molecule has 1 aliphatic rings. The van der Waals surface area contributed by atoms with Gasteiger partial charge in [-0.05, 0) is 36.8 Å². The molecule has 1 unspecified atom stereocenters. The van der Waals surface area contributed by atoms with Gasteiger partial charge < -0.3 is 9.47 Å². The van der Waals surface area contributed by atoms with Gasteiger partial charge in [-0.15, -0.1) is 0 Å². The number of fused-ring (bicyclic) bond motifs is 1. The first-order valence-electron chi connectivity index (χ1n) is 7.25. The first-order chi connectivity index (χ1) is 10.7. The Morgan fingerprint density at radius 2 is 1.91 bits per heavy atom. The van der Waals surface area contributed by atoms with E-state index in [9.17, 15) is 9.59 Å². The molecule has 22 heavy (non-hydrogen) atoms. The van der Waals surface area contributed by atoms with E-state index >= 15 is 0 Å². The molecule has 2 aromatic carbocycles. The third-order valence-corrected chi connectivity index (χ3v) is 3.62. The van der Waals surface area contributed by atoms with E-state index in [1.54, 1.807) is 43.3 Å². The van der Waals surface area contributed by atoms with Crippen LogP contribution in [0.4, 0.5) is 0 Å². The second-order valence-corrected chi connectivity index (χ2v) is 5.07. The van der Waals surface area contributed by atoms with E-state index in [2.05, 4.69) is 0 Å². The highest BCUT2D eigenvalue weighted by Gasteiger charge is 2.27. The molecule has 1 heterocycles. The molecule has 112 valence electrons. The zero-order chi connectivity index (χ0) is 15.5. The predicted octanol–water partition coefficient (Wildman–Crippen LogP) is 3.57. The van der Waals surface area contributed by atoms with Crippen LogP contribution in [0, 0.1) is 0 Å². The molecule has 1 atom stereocenters. The van der Waals surface area contributed by atoms with Gasteiger partial charge in [-0.3, -0.25) is 4.79 Å². The lowest BCUT2D eigenvalue weighted by Crippen LogP contribution is -2.20. The lowest BCUT2D eigenvalue weighted by molar-refractivity contribution is 0.0525. The Morgan fingerprint density at radius 1 is 1.18 bits per heavy atom. The predicted molar refractivity (Wildman–Crippen MR) is 81.2 cm³/mol. The van der Waals surface area contributed by atoms with Crippen molar-refractivity contribution < 1.29 is 19.1 Å². The van der Waals surface area contributed by atoms with E-state index in [1.165, 1.54) is 0 Å². The van der Waals surface area contributed by atoms with E-state index in [1.807, 2.05) is 12.1 Å². The highest BCUT2D eigenvalue weighted by Crippen LogP contribution is 2.34. The second-order valence-electron chi connectivity index (χ2n) is 5.07. The number of rotatable bonds is 3. The molecular weight excluding hydrogens is 280 g/mol. The lowest BCUT2D eigenvalue weighted by Gasteiger charge is -2.25. The van der Waals surface area contributed by atoms with Gasteiger partial charge >= 0.3 is 5.97 Å². The fourth-order valence-electron chi connectivity index (χ4n) is 2.51. The molecule has 0 saturated carbocycles. The second kappa shape index (κ2) is 6.02. The van der Waals surface area contributed by atoms with Gasteiger partial charge in [0.1, 0.15) is 11.9 Å². The Labute approximate surface area is 128 Å². The van der Waals surface area contributed by atoms with Gasteiger partial charge in [0.2, 0.25) is 0 Å². The van der Waals surface area contributed by atoms with E-state index < -0.39 is 0 Å². The summed E-state index contributed by atoms with van der Waals surface area (Å²) < 4.78 is 10.9. The highest BCUT2D eigenvalue weighted by molar-refractivity contribution is 6.00. The average molecular weight is 296 g/mol. The van der Waals surface area contributed by atoms with Crippen LogP contribution >= 0.6 is 0 Å². The first-order valence-corrected chi connectivity index (χ1v) is 7.25. The fraction of sp³-hybridized carbons (Fsp3) is 0.222. The van der Waals surface area contributed by atoms with Crippen LogP contribution < -0.4 is 4.74 Å². The maximum Gasteiger partial charge on any atom is 0.338 e. The number of esters is 1. The molecule has 1 aliphatic heterocycles. The van der Waals surface area contributed by atoms with E-state index in [-0.39, 0.29) is 17.9 Å². The van der Waals surface area contributed by atoms with Crippen LogP contribution in [0.3, 0.4) is 0 Å². The minimum Gasteiger partial charge on any atom is -0.484 e. The molecule has 0 amide bonds. The Balaban J connectivity index is 1.81. The van der Waals surface area contributed by atoms with Crippen LogP contribution in [0.25, 0.3) is 0 Å². The molecule has 0 fully saturated rings. The van der Waals surface area contributed by atoms with Gasteiger partial charge in [-0.25, -0.2) is 4.79 Å². The van der Waals surface area contributed by atoms with Crippen molar-refractivity contribution in [2.75, 3.05) is 6.61 Å². The largest absolute Gasteiger partial charge is 0.484 e. The molecule has 0 spiro atoms. The van der Waals surface area contributed by atoms with Crippen LogP contribution in [-0.4, -0.2) is 18.4 Å². The Morgan fingerprint density at radius 3 is 2.64 bits per heavy atom. The molecular formula is C18H16O4. The molecule has 3 rings (SSSR count). The number of Topliss-reactive ketones (excluding diaryl/α,β-unsaturated/α-hetero) is 1. The summed E-state index contributed by atoms with van der Waals surface area (Å²) in [5.74, 6) is 0.333. The molecule has 0 aromatic heterocycles. The molecule has 0 bridgehead atoms. The number of ether oxygens (including phenoxy) is 2. The maximum absolute atomic E-state index is 12.2. The van der Waals surface area contributed by atoms with Crippen molar-refractivity contribution in [3.05, 3.63) is 65.2 Å². The van der Waals surface area contributed by atoms with E-state index in [0.717, 1.165) is 5.56 Å². The Hall–Kier alpha value is -2.62. The SMILES string of the molecule is CCOC(=O)c1ccc(C2CC(=O)c3ccccc3O2)cc1. The zero-order valence-corrected chi connectivity index (χ0v) is 12.2. The summed E-state index contributed by atoms with van der Waals surface area (Å²) >= 11 is 0. The maximum atomic E-state index is 12.2. The van der Waals surface area contributed by atoms with Crippen molar-refractivity contribution in [1.82, 2.24) is 0 Å². The average Bonchev–Trinajstić information content (AvgIpc) is 2.55. The minimum atomic E-state index is -0.347. The van der Waals surface area contributed by atoms with E-state index in [4.69, 9.17) is 9.47 Å². The van der Waals surface area contributed by atoms with Crippen molar-refractivity contribution in [2.45, 2.75) is 19.4 Å². The standard InChI is InChI=1S/C18H16O4/c1-2-21-18(20)13-9-7-12(8-10-13)17-11-15(19)14-5-3-4-6-16(14)22-17/h3-10,17H,2,11H2,1H3. The number of carbonyl (C=O) groups excluding carboxylic acids is 2. The summed E-state index contributed by atoms with van der Waals surface area (Å²) in [6.45, 7) is 2.11. The molecule has 0 aliphatic carbocycles. The number of ketones is 1. The van der Waals surface area contributed by atoms with Crippen LogP contribution in [-0.2, 0) is 4.74 Å². The van der Waals surface area contributed by atoms with Crippen molar-refractivity contribution in [3.8, 4) is 5.75 Å². The van der Waals surface area contributed by atoms with Crippen LogP contribution in [0.1, 0.15) is 45.7 Å². The van der Waals surface area contributed by atoms with Crippen molar-refractivity contribution in [2.24, 2.45) is 0 Å². The first kappa shape index (κ1) is 14.3. The molecule has 0 saturated heterocycles. The van der Waals surface area contributed by atoms with Crippen molar-refractivity contribution in [3.63, 3.8) is 0 Å². The number of hydrogen-bond donors (Lipinski definition) is 0. The van der Waals surface area contributed by atoms with Gasteiger partial charge in [0.15, 0.2) is 5.78 Å². The number of benzene rings is 2. The highest BCUT2D eigenvalue weighted by atomic mass is 16.5. The summed E-state index contributed by atoms with van der Waals surface area (Å²) in [4.78, 5) is 23.8. The minimum absolute atomic E-state index is 0.0707. The molecule has 4 heteroatoms. The molecule has 0 radical (unpaired) electrons. The summed E-state index contributed by atoms with van der Waals surface area (Å²) in [6.07, 6.45) is -0.0193. The topological polar surface area (TPSA) is 52.6 Å². The van der Waals surface area contributed by atoms with Gasteiger partial charge in [0, 0.05) is 0 Å². The van der Waals surface area contributed by atoms with E-state index in [0.29, 0.717) is 29.9 Å². The summed E-state index contributed by atoms with van der Waals surface area (Å²) in [5, 5.41) is 0. The lowest BCUT2D eigenvalue weighted by atomic mass is 9.96. The Bertz CT molecular complexity index is 703. The van der Waals surface area contributed by atoms with Gasteiger partial charge in [0.05, 0.1) is 24.2 Å². The van der Waals surface area contributed by atoms with Crippen LogP contribution in [0.5, 0.6) is 5.75 Å². The number of hydrogen-bond acceptors (Lipinski definition) is 4. The summed E-state index contributed by atoms with van der Waals surface area (Å²) in [6, 6.07) is 14.2. The normalized spacial score (nSPS) is 16.6. The smallest absolute Gasteiger partial charge is 0.338 e.